The van der Waals surface area contributed by atoms with Crippen molar-refractivity contribution < 1.29 is 32.6 Å². The maximum absolute atomic E-state index is 11.7. The van der Waals surface area contributed by atoms with Crippen molar-refractivity contribution in [2.75, 3.05) is 33.9 Å². The quantitative estimate of drug-likeness (QED) is 0.656. The molecule has 14 heteroatoms. The molecule has 0 fully saturated rings. The van der Waals surface area contributed by atoms with Gasteiger partial charge in [-0.3, -0.25) is 19.1 Å². The summed E-state index contributed by atoms with van der Waals surface area (Å²) in [5.41, 5.74) is 3.24. The van der Waals surface area contributed by atoms with Crippen LogP contribution in [0.1, 0.15) is 22.9 Å². The van der Waals surface area contributed by atoms with Crippen molar-refractivity contribution in [2.45, 2.75) is 25.2 Å². The lowest BCUT2D eigenvalue weighted by Crippen LogP contribution is -2.36. The molecule has 3 heterocycles. The molecule has 32 heavy (non-hydrogen) atoms. The second-order valence-electron chi connectivity index (χ2n) is 7.54. The molecular formula is C18H26F3N7O4. The average molecular weight is 461 g/mol. The van der Waals surface area contributed by atoms with E-state index < -0.39 is 12.1 Å². The highest BCUT2D eigenvalue weighted by atomic mass is 19.4. The molecule has 1 atom stereocenters. The number of carbonyl (C=O) groups is 2. The highest BCUT2D eigenvalue weighted by Crippen LogP contribution is 2.27. The summed E-state index contributed by atoms with van der Waals surface area (Å²) in [5.74, 6) is -2.66. The van der Waals surface area contributed by atoms with E-state index in [4.69, 9.17) is 14.6 Å². The first-order valence-electron chi connectivity index (χ1n) is 9.54. The third-order valence-electron chi connectivity index (χ3n) is 4.63. The van der Waals surface area contributed by atoms with Gasteiger partial charge in [-0.15, -0.1) is 5.10 Å². The molecule has 0 spiro atoms. The number of ether oxygens (including phenoxy) is 1. The third-order valence-corrected chi connectivity index (χ3v) is 4.63. The minimum Gasteiger partial charge on any atom is -0.475 e. The summed E-state index contributed by atoms with van der Waals surface area (Å²) in [6, 6.07) is 0. The number of likely N-dealkylation sites (N-methyl/N-ethyl adjacent to an activating group) is 1. The topological polar surface area (TPSA) is 119 Å². The van der Waals surface area contributed by atoms with Gasteiger partial charge in [-0.1, -0.05) is 5.21 Å². The molecule has 0 saturated carbocycles. The van der Waals surface area contributed by atoms with E-state index in [0.717, 1.165) is 36.6 Å². The molecule has 1 amide bonds. The Hall–Kier alpha value is -3.00. The van der Waals surface area contributed by atoms with Gasteiger partial charge in [0.2, 0.25) is 5.91 Å². The number of amides is 1. The third kappa shape index (κ3) is 7.02. The van der Waals surface area contributed by atoms with E-state index in [1.807, 2.05) is 31.2 Å². The summed E-state index contributed by atoms with van der Waals surface area (Å²) in [7, 11) is 7.27. The van der Waals surface area contributed by atoms with Crippen LogP contribution in [-0.2, 0) is 41.5 Å². The van der Waals surface area contributed by atoms with Crippen LogP contribution in [0, 0.1) is 0 Å². The Morgan fingerprint density at radius 3 is 2.50 bits per heavy atom. The fourth-order valence-corrected chi connectivity index (χ4v) is 3.18. The normalized spacial score (nSPS) is 16.2. The lowest BCUT2D eigenvalue weighted by atomic mass is 9.98. The standard InChI is InChI=1S/C16H25N7O2.C2HF3O2/c1-20(2)15(24)11-25-10-13-8-23(7-12-5-17-21(3)6-12)9-14-16(13)22(4)19-18-14;3-2(4,5)1(6)7/h5-6,13H,7-11H2,1-4H3;(H,6,7). The summed E-state index contributed by atoms with van der Waals surface area (Å²) < 4.78 is 41.0. The van der Waals surface area contributed by atoms with Crippen LogP contribution in [0.4, 0.5) is 13.2 Å². The molecule has 2 aromatic heterocycles. The monoisotopic (exact) mass is 461 g/mol. The van der Waals surface area contributed by atoms with Crippen molar-refractivity contribution in [3.05, 3.63) is 29.3 Å². The molecule has 11 nitrogen and oxygen atoms in total. The molecule has 0 bridgehead atoms. The van der Waals surface area contributed by atoms with Crippen LogP contribution >= 0.6 is 0 Å². The number of carbonyl (C=O) groups excluding carboxylic acids is 1. The Balaban J connectivity index is 0.000000451. The predicted molar refractivity (Wildman–Crippen MR) is 104 cm³/mol. The number of aromatic nitrogens is 5. The van der Waals surface area contributed by atoms with Gasteiger partial charge in [-0.25, -0.2) is 4.79 Å². The number of carboxylic acid groups (broad SMARTS) is 1. The van der Waals surface area contributed by atoms with Crippen molar-refractivity contribution in [3.63, 3.8) is 0 Å². The smallest absolute Gasteiger partial charge is 0.475 e. The second-order valence-corrected chi connectivity index (χ2v) is 7.54. The number of aliphatic carboxylic acids is 1. The highest BCUT2D eigenvalue weighted by Gasteiger charge is 2.38. The van der Waals surface area contributed by atoms with E-state index >= 15 is 0 Å². The van der Waals surface area contributed by atoms with Crippen molar-refractivity contribution in [1.82, 2.24) is 34.6 Å². The molecular weight excluding hydrogens is 435 g/mol. The van der Waals surface area contributed by atoms with Gasteiger partial charge in [0.1, 0.15) is 12.3 Å². The van der Waals surface area contributed by atoms with Gasteiger partial charge in [0.05, 0.1) is 18.5 Å². The fourth-order valence-electron chi connectivity index (χ4n) is 3.18. The lowest BCUT2D eigenvalue weighted by Gasteiger charge is -2.31. The van der Waals surface area contributed by atoms with E-state index in [2.05, 4.69) is 20.3 Å². The van der Waals surface area contributed by atoms with Gasteiger partial charge in [0.15, 0.2) is 0 Å². The van der Waals surface area contributed by atoms with E-state index in [9.17, 15) is 18.0 Å². The van der Waals surface area contributed by atoms with E-state index in [-0.39, 0.29) is 18.4 Å². The second kappa shape index (κ2) is 10.5. The minimum atomic E-state index is -5.08. The van der Waals surface area contributed by atoms with Crippen molar-refractivity contribution >= 4 is 11.9 Å². The number of alkyl halides is 3. The Morgan fingerprint density at radius 2 is 1.97 bits per heavy atom. The summed E-state index contributed by atoms with van der Waals surface area (Å²) in [6.07, 6.45) is -1.18. The molecule has 0 aliphatic carbocycles. The summed E-state index contributed by atoms with van der Waals surface area (Å²) in [5, 5.41) is 19.8. The number of aryl methyl sites for hydroxylation is 2. The summed E-state index contributed by atoms with van der Waals surface area (Å²) in [6.45, 7) is 2.95. The zero-order valence-corrected chi connectivity index (χ0v) is 18.2. The van der Waals surface area contributed by atoms with Crippen LogP contribution in [0.2, 0.25) is 0 Å². The first-order valence-corrected chi connectivity index (χ1v) is 9.54. The molecule has 0 aromatic carbocycles. The van der Waals surface area contributed by atoms with Crippen molar-refractivity contribution in [1.29, 1.82) is 0 Å². The molecule has 0 radical (unpaired) electrons. The van der Waals surface area contributed by atoms with Gasteiger partial charge in [-0.2, -0.15) is 18.3 Å². The number of halogens is 3. The molecule has 1 N–H and O–H groups in total. The van der Waals surface area contributed by atoms with Gasteiger partial charge < -0.3 is 14.7 Å². The van der Waals surface area contributed by atoms with Crippen molar-refractivity contribution in [3.8, 4) is 0 Å². The number of carboxylic acids is 1. The predicted octanol–water partition coefficient (Wildman–Crippen LogP) is 0.386. The summed E-state index contributed by atoms with van der Waals surface area (Å²) >= 11 is 0. The average Bonchev–Trinajstić information content (AvgIpc) is 3.26. The summed E-state index contributed by atoms with van der Waals surface area (Å²) in [4.78, 5) is 24.5. The Labute approximate surface area is 182 Å². The molecule has 1 aliphatic heterocycles. The zero-order chi connectivity index (χ0) is 24.1. The highest BCUT2D eigenvalue weighted by molar-refractivity contribution is 5.76. The maximum atomic E-state index is 11.7. The van der Waals surface area contributed by atoms with Crippen LogP contribution in [0.3, 0.4) is 0 Å². The van der Waals surface area contributed by atoms with Gasteiger partial charge >= 0.3 is 12.1 Å². The molecule has 1 unspecified atom stereocenters. The minimum absolute atomic E-state index is 0.0358. The SMILES string of the molecule is CN(C)C(=O)COCC1CN(Cc2cnn(C)c2)Cc2nnn(C)c21.O=C(O)C(F)(F)F. The van der Waals surface area contributed by atoms with Gasteiger partial charge in [-0.05, 0) is 0 Å². The molecule has 3 rings (SSSR count). The number of hydrogen-bond donors (Lipinski definition) is 1. The van der Waals surface area contributed by atoms with E-state index in [1.165, 1.54) is 4.90 Å². The molecule has 178 valence electrons. The van der Waals surface area contributed by atoms with Gasteiger partial charge in [0.25, 0.3) is 0 Å². The number of rotatable bonds is 6. The number of nitrogens with zero attached hydrogens (tertiary/aromatic N) is 7. The maximum Gasteiger partial charge on any atom is 0.490 e. The molecule has 2 aromatic rings. The van der Waals surface area contributed by atoms with Crippen molar-refractivity contribution in [2.24, 2.45) is 14.1 Å². The Morgan fingerprint density at radius 1 is 1.31 bits per heavy atom. The van der Waals surface area contributed by atoms with E-state index in [0.29, 0.717) is 6.61 Å². The van der Waals surface area contributed by atoms with Gasteiger partial charge in [0, 0.05) is 65.5 Å². The fraction of sp³-hybridized carbons (Fsp3) is 0.611. The van der Waals surface area contributed by atoms with Crippen LogP contribution in [-0.4, -0.2) is 91.6 Å². The Kier molecular flexibility index (Phi) is 8.32. The van der Waals surface area contributed by atoms with Crippen LogP contribution < -0.4 is 0 Å². The van der Waals surface area contributed by atoms with Crippen LogP contribution in [0.15, 0.2) is 12.4 Å². The number of fused-ring (bicyclic) bond motifs is 1. The Bertz CT molecular complexity index is 926. The molecule has 1 aliphatic rings. The van der Waals surface area contributed by atoms with Crippen LogP contribution in [0.25, 0.3) is 0 Å². The largest absolute Gasteiger partial charge is 0.490 e. The van der Waals surface area contributed by atoms with E-state index in [1.54, 1.807) is 18.8 Å². The lowest BCUT2D eigenvalue weighted by molar-refractivity contribution is -0.192. The van der Waals surface area contributed by atoms with Crippen LogP contribution in [0.5, 0.6) is 0 Å². The zero-order valence-electron chi connectivity index (χ0n) is 18.2. The first kappa shape index (κ1) is 25.3. The molecule has 0 saturated heterocycles. The first-order chi connectivity index (χ1) is 14.9. The number of hydrogen-bond acceptors (Lipinski definition) is 7.